The minimum Gasteiger partial charge on any atom is -0.378 e. The number of nitrogens with zero attached hydrogens (tertiary/aromatic N) is 2. The van der Waals surface area contributed by atoms with E-state index >= 15 is 0 Å². The Labute approximate surface area is 128 Å². The van der Waals surface area contributed by atoms with Crippen LogP contribution in [0, 0.1) is 6.92 Å². The fourth-order valence-electron chi connectivity index (χ4n) is 1.94. The van der Waals surface area contributed by atoms with E-state index < -0.39 is 0 Å². The lowest BCUT2D eigenvalue weighted by molar-refractivity contribution is 0.899. The van der Waals surface area contributed by atoms with E-state index in [-0.39, 0.29) is 0 Å². The third kappa shape index (κ3) is 2.50. The number of aryl methyl sites for hydroxylation is 1. The molecule has 0 aliphatic rings. The maximum Gasteiger partial charge on any atom is 0.152 e. The lowest BCUT2D eigenvalue weighted by Crippen LogP contribution is -2.02. The first-order chi connectivity index (χ1) is 9.15. The molecule has 3 nitrogen and oxygen atoms in total. The Kier molecular flexibility index (Phi) is 3.52. The van der Waals surface area contributed by atoms with Crippen molar-refractivity contribution in [3.8, 4) is 0 Å². The van der Waals surface area contributed by atoms with E-state index in [4.69, 9.17) is 11.6 Å². The predicted octanol–water partition coefficient (Wildman–Crippen LogP) is 4.73. The first-order valence-corrected chi connectivity index (χ1v) is 7.81. The zero-order valence-corrected chi connectivity index (χ0v) is 13.3. The van der Waals surface area contributed by atoms with Gasteiger partial charge in [0.1, 0.15) is 0 Å². The Morgan fingerprint density at radius 1 is 1.47 bits per heavy atom. The van der Waals surface area contributed by atoms with Crippen molar-refractivity contribution < 1.29 is 0 Å². The van der Waals surface area contributed by atoms with E-state index in [1.807, 2.05) is 17.5 Å². The quantitative estimate of drug-likeness (QED) is 0.735. The standard InChI is InChI=1S/C13H11BrClN3S/c1-8-10(14)5-12-11(6-13(15)17-18(8)12)16-7-9-3-2-4-19-9/h2-6,16H,7H2,1H3. The molecule has 3 aromatic rings. The summed E-state index contributed by atoms with van der Waals surface area (Å²) in [6, 6.07) is 8.07. The number of hydrogen-bond donors (Lipinski definition) is 1. The molecule has 0 aliphatic carbocycles. The molecule has 0 aliphatic heterocycles. The van der Waals surface area contributed by atoms with E-state index in [1.165, 1.54) is 4.88 Å². The smallest absolute Gasteiger partial charge is 0.152 e. The molecule has 0 spiro atoms. The lowest BCUT2D eigenvalue weighted by atomic mass is 10.3. The third-order valence-electron chi connectivity index (χ3n) is 2.92. The molecule has 0 aromatic carbocycles. The molecule has 0 saturated heterocycles. The average molecular weight is 357 g/mol. The second kappa shape index (κ2) is 5.15. The first kappa shape index (κ1) is 13.0. The zero-order chi connectivity index (χ0) is 13.4. The van der Waals surface area contributed by atoms with Gasteiger partial charge in [0.15, 0.2) is 5.15 Å². The summed E-state index contributed by atoms with van der Waals surface area (Å²) in [6.45, 7) is 2.79. The van der Waals surface area contributed by atoms with Gasteiger partial charge in [-0.25, -0.2) is 4.52 Å². The van der Waals surface area contributed by atoms with Gasteiger partial charge >= 0.3 is 0 Å². The fraction of sp³-hybridized carbons (Fsp3) is 0.154. The summed E-state index contributed by atoms with van der Waals surface area (Å²) < 4.78 is 2.88. The van der Waals surface area contributed by atoms with E-state index in [9.17, 15) is 0 Å². The zero-order valence-electron chi connectivity index (χ0n) is 10.2. The molecule has 0 atom stereocenters. The van der Waals surface area contributed by atoms with E-state index in [0.29, 0.717) is 5.15 Å². The number of nitrogens with one attached hydrogen (secondary N) is 1. The molecule has 0 radical (unpaired) electrons. The molecule has 0 fully saturated rings. The summed E-state index contributed by atoms with van der Waals surface area (Å²) in [7, 11) is 0. The maximum atomic E-state index is 6.08. The summed E-state index contributed by atoms with van der Waals surface area (Å²) in [4.78, 5) is 1.29. The molecule has 3 rings (SSSR count). The molecular weight excluding hydrogens is 346 g/mol. The van der Waals surface area contributed by atoms with E-state index in [0.717, 1.165) is 27.9 Å². The molecule has 1 N–H and O–H groups in total. The van der Waals surface area contributed by atoms with Crippen molar-refractivity contribution in [3.05, 3.63) is 49.8 Å². The Balaban J connectivity index is 2.00. The van der Waals surface area contributed by atoms with Crippen LogP contribution in [0.3, 0.4) is 0 Å². The number of anilines is 1. The van der Waals surface area contributed by atoms with Crippen LogP contribution in [0.2, 0.25) is 5.15 Å². The van der Waals surface area contributed by atoms with Gasteiger partial charge in [0.2, 0.25) is 0 Å². The monoisotopic (exact) mass is 355 g/mol. The predicted molar refractivity (Wildman–Crippen MR) is 84.3 cm³/mol. The van der Waals surface area contributed by atoms with Crippen molar-refractivity contribution in [3.63, 3.8) is 0 Å². The molecule has 0 saturated carbocycles. The number of fused-ring (bicyclic) bond motifs is 1. The highest BCUT2D eigenvalue weighted by Gasteiger charge is 2.10. The minimum absolute atomic E-state index is 0.479. The lowest BCUT2D eigenvalue weighted by Gasteiger charge is -2.08. The van der Waals surface area contributed by atoms with Crippen LogP contribution in [0.5, 0.6) is 0 Å². The van der Waals surface area contributed by atoms with E-state index in [2.05, 4.69) is 49.9 Å². The number of aromatic nitrogens is 2. The molecule has 0 amide bonds. The normalized spacial score (nSPS) is 11.1. The highest BCUT2D eigenvalue weighted by atomic mass is 79.9. The summed E-state index contributed by atoms with van der Waals surface area (Å²) in [5.41, 5.74) is 3.05. The van der Waals surface area contributed by atoms with Crippen molar-refractivity contribution in [1.82, 2.24) is 9.61 Å². The molecule has 98 valence electrons. The van der Waals surface area contributed by atoms with Crippen LogP contribution in [-0.4, -0.2) is 9.61 Å². The summed E-state index contributed by atoms with van der Waals surface area (Å²) in [5, 5.41) is 10.3. The molecule has 19 heavy (non-hydrogen) atoms. The van der Waals surface area contributed by atoms with Gasteiger partial charge in [-0.2, -0.15) is 5.10 Å². The van der Waals surface area contributed by atoms with Crippen LogP contribution in [0.15, 0.2) is 34.1 Å². The second-order valence-corrected chi connectivity index (χ2v) is 6.46. The number of hydrogen-bond acceptors (Lipinski definition) is 3. The SMILES string of the molecule is Cc1c(Br)cc2c(NCc3cccs3)cc(Cl)nn12. The molecule has 0 unspecified atom stereocenters. The Morgan fingerprint density at radius 3 is 3.05 bits per heavy atom. The van der Waals surface area contributed by atoms with Gasteiger partial charge in [-0.05, 0) is 40.4 Å². The first-order valence-electron chi connectivity index (χ1n) is 5.76. The molecule has 0 bridgehead atoms. The number of thiophene rings is 1. The van der Waals surface area contributed by atoms with Gasteiger partial charge in [-0.15, -0.1) is 11.3 Å². The van der Waals surface area contributed by atoms with Crippen molar-refractivity contribution in [2.24, 2.45) is 0 Å². The number of halogens is 2. The summed E-state index contributed by atoms with van der Waals surface area (Å²) >= 11 is 11.3. The Hall–Kier alpha value is -1.04. The minimum atomic E-state index is 0.479. The van der Waals surface area contributed by atoms with Crippen LogP contribution >= 0.6 is 38.9 Å². The van der Waals surface area contributed by atoms with Gasteiger partial charge in [-0.1, -0.05) is 17.7 Å². The summed E-state index contributed by atoms with van der Waals surface area (Å²) in [6.07, 6.45) is 0. The Morgan fingerprint density at radius 2 is 2.32 bits per heavy atom. The van der Waals surface area contributed by atoms with Crippen molar-refractivity contribution in [2.75, 3.05) is 5.32 Å². The average Bonchev–Trinajstić information content (AvgIpc) is 2.98. The van der Waals surface area contributed by atoms with Crippen LogP contribution in [0.25, 0.3) is 5.52 Å². The van der Waals surface area contributed by atoms with Crippen LogP contribution in [-0.2, 0) is 6.54 Å². The fourth-order valence-corrected chi connectivity index (χ4v) is 3.16. The second-order valence-electron chi connectivity index (χ2n) is 4.19. The highest BCUT2D eigenvalue weighted by Crippen LogP contribution is 2.28. The van der Waals surface area contributed by atoms with Crippen molar-refractivity contribution in [2.45, 2.75) is 13.5 Å². The summed E-state index contributed by atoms with van der Waals surface area (Å²) in [5.74, 6) is 0. The topological polar surface area (TPSA) is 29.3 Å². The van der Waals surface area contributed by atoms with Crippen molar-refractivity contribution >= 4 is 50.1 Å². The van der Waals surface area contributed by atoms with Crippen LogP contribution in [0.1, 0.15) is 10.6 Å². The van der Waals surface area contributed by atoms with Crippen molar-refractivity contribution in [1.29, 1.82) is 0 Å². The van der Waals surface area contributed by atoms with Crippen LogP contribution in [0.4, 0.5) is 5.69 Å². The molecule has 6 heteroatoms. The van der Waals surface area contributed by atoms with Gasteiger partial charge in [0, 0.05) is 22.0 Å². The van der Waals surface area contributed by atoms with Crippen LogP contribution < -0.4 is 5.32 Å². The molecular formula is C13H11BrClN3S. The molecule has 3 heterocycles. The Bertz CT molecular complexity index is 721. The van der Waals surface area contributed by atoms with Gasteiger partial charge in [0.25, 0.3) is 0 Å². The van der Waals surface area contributed by atoms with Gasteiger partial charge in [-0.3, -0.25) is 0 Å². The maximum absolute atomic E-state index is 6.08. The highest BCUT2D eigenvalue weighted by molar-refractivity contribution is 9.10. The molecule has 3 aromatic heterocycles. The van der Waals surface area contributed by atoms with E-state index in [1.54, 1.807) is 11.3 Å². The third-order valence-corrected chi connectivity index (χ3v) is 4.79. The largest absolute Gasteiger partial charge is 0.378 e. The number of rotatable bonds is 3. The van der Waals surface area contributed by atoms with Gasteiger partial charge < -0.3 is 5.32 Å². The van der Waals surface area contributed by atoms with Gasteiger partial charge in [0.05, 0.1) is 16.9 Å².